The molecule has 3 atom stereocenters. The fourth-order valence-electron chi connectivity index (χ4n) is 2.33. The number of esters is 1. The Hall–Kier alpha value is -0.0700. The molecule has 0 heterocycles. The highest BCUT2D eigenvalue weighted by Crippen LogP contribution is 2.65. The van der Waals surface area contributed by atoms with E-state index in [2.05, 4.69) is 11.8 Å². The fourth-order valence-corrected chi connectivity index (χ4v) is 4.10. The summed E-state index contributed by atoms with van der Waals surface area (Å²) in [6.45, 7) is 1.37. The van der Waals surface area contributed by atoms with Crippen molar-refractivity contribution in [1.29, 1.82) is 0 Å². The predicted octanol–water partition coefficient (Wildman–Crippen LogP) is 3.62. The molecular weight excluding hydrogens is 318 g/mol. The predicted molar refractivity (Wildman–Crippen MR) is 73.0 cm³/mol. The van der Waals surface area contributed by atoms with Crippen LogP contribution in [-0.4, -0.2) is 22.3 Å². The molecule has 18 heavy (non-hydrogen) atoms. The van der Waals surface area contributed by atoms with Crippen LogP contribution in [0, 0.1) is 17.8 Å². The minimum Gasteiger partial charge on any atom is -0.453 e. The highest BCUT2D eigenvalue weighted by Gasteiger charge is 2.62. The minimum atomic E-state index is -0.802. The van der Waals surface area contributed by atoms with Crippen LogP contribution in [0.2, 0.25) is 0 Å². The van der Waals surface area contributed by atoms with Crippen molar-refractivity contribution in [2.75, 3.05) is 6.61 Å². The van der Waals surface area contributed by atoms with Crippen LogP contribution < -0.4 is 0 Å². The van der Waals surface area contributed by atoms with E-state index in [9.17, 15) is 4.79 Å². The SMILES string of the molecule is CC(=O)OCC#CC1CC2(Cl)CC1(Cl)C(Cl)=C2Cl. The lowest BCUT2D eigenvalue weighted by atomic mass is 9.93. The van der Waals surface area contributed by atoms with Gasteiger partial charge in [-0.25, -0.2) is 0 Å². The van der Waals surface area contributed by atoms with E-state index in [1.807, 2.05) is 0 Å². The molecule has 0 aromatic rings. The van der Waals surface area contributed by atoms with Gasteiger partial charge in [-0.2, -0.15) is 0 Å². The second-order valence-corrected chi connectivity index (χ2v) is 6.64. The Bertz CT molecular complexity index is 490. The molecule has 0 aliphatic heterocycles. The van der Waals surface area contributed by atoms with Gasteiger partial charge in [-0.05, 0) is 12.8 Å². The van der Waals surface area contributed by atoms with Gasteiger partial charge in [-0.15, -0.1) is 23.2 Å². The molecule has 1 fully saturated rings. The largest absolute Gasteiger partial charge is 0.453 e. The first-order valence-corrected chi connectivity index (χ1v) is 6.86. The van der Waals surface area contributed by atoms with Crippen molar-refractivity contribution >= 4 is 52.4 Å². The Kier molecular flexibility index (Phi) is 3.82. The average Bonchev–Trinajstić information content (AvgIpc) is 2.64. The Morgan fingerprint density at radius 1 is 1.44 bits per heavy atom. The summed E-state index contributed by atoms with van der Waals surface area (Å²) >= 11 is 25.0. The van der Waals surface area contributed by atoms with Gasteiger partial charge in [-0.1, -0.05) is 35.0 Å². The van der Waals surface area contributed by atoms with Crippen LogP contribution in [0.1, 0.15) is 19.8 Å². The summed E-state index contributed by atoms with van der Waals surface area (Å²) in [4.78, 5) is 9.10. The number of hydrogen-bond donors (Lipinski definition) is 0. The highest BCUT2D eigenvalue weighted by molar-refractivity contribution is 6.51. The van der Waals surface area contributed by atoms with E-state index in [1.165, 1.54) is 6.92 Å². The Labute approximate surface area is 126 Å². The van der Waals surface area contributed by atoms with Gasteiger partial charge < -0.3 is 4.74 Å². The first-order chi connectivity index (χ1) is 8.29. The van der Waals surface area contributed by atoms with Crippen molar-refractivity contribution < 1.29 is 9.53 Å². The Morgan fingerprint density at radius 2 is 2.11 bits per heavy atom. The van der Waals surface area contributed by atoms with E-state index in [0.29, 0.717) is 22.9 Å². The molecule has 2 rings (SSSR count). The molecule has 2 bridgehead atoms. The normalized spacial score (nSPS) is 37.5. The standard InChI is InChI=1S/C12H10Cl4O2/c1-7(17)18-4-2-3-8-5-11(15)6-12(8,16)10(14)9(11)13/h8H,4-6H2,1H3. The van der Waals surface area contributed by atoms with Gasteiger partial charge in [0.25, 0.3) is 0 Å². The summed E-state index contributed by atoms with van der Waals surface area (Å²) in [5, 5.41) is 0.817. The number of allylic oxidation sites excluding steroid dienone is 2. The van der Waals surface area contributed by atoms with Crippen molar-refractivity contribution in [3.8, 4) is 11.8 Å². The summed E-state index contributed by atoms with van der Waals surface area (Å²) in [5.41, 5.74) is 0. The maximum Gasteiger partial charge on any atom is 0.303 e. The van der Waals surface area contributed by atoms with Crippen molar-refractivity contribution in [3.05, 3.63) is 10.1 Å². The smallest absolute Gasteiger partial charge is 0.303 e. The molecule has 0 radical (unpaired) electrons. The summed E-state index contributed by atoms with van der Waals surface area (Å²) in [7, 11) is 0. The molecule has 1 saturated carbocycles. The zero-order chi connectivity index (χ0) is 13.6. The van der Waals surface area contributed by atoms with E-state index in [1.54, 1.807) is 0 Å². The minimum absolute atomic E-state index is 0.0448. The molecule has 98 valence electrons. The average molecular weight is 328 g/mol. The van der Waals surface area contributed by atoms with Crippen molar-refractivity contribution in [2.45, 2.75) is 29.5 Å². The molecule has 0 N–H and O–H groups in total. The van der Waals surface area contributed by atoms with E-state index < -0.39 is 9.75 Å². The number of fused-ring (bicyclic) bond motifs is 2. The molecule has 6 heteroatoms. The van der Waals surface area contributed by atoms with Crippen LogP contribution in [0.25, 0.3) is 0 Å². The Morgan fingerprint density at radius 3 is 2.61 bits per heavy atom. The van der Waals surface area contributed by atoms with Crippen molar-refractivity contribution in [1.82, 2.24) is 0 Å². The maximum atomic E-state index is 10.6. The van der Waals surface area contributed by atoms with Gasteiger partial charge in [0.1, 0.15) is 0 Å². The quantitative estimate of drug-likeness (QED) is 0.417. The lowest BCUT2D eigenvalue weighted by Crippen LogP contribution is -2.26. The van der Waals surface area contributed by atoms with Crippen LogP contribution in [0.4, 0.5) is 0 Å². The fraction of sp³-hybridized carbons (Fsp3) is 0.583. The molecule has 0 spiro atoms. The van der Waals surface area contributed by atoms with Crippen LogP contribution in [-0.2, 0) is 9.53 Å². The molecular formula is C12H10Cl4O2. The number of halogens is 4. The molecule has 3 unspecified atom stereocenters. The van der Waals surface area contributed by atoms with Crippen LogP contribution in [0.15, 0.2) is 10.1 Å². The van der Waals surface area contributed by atoms with E-state index in [4.69, 9.17) is 51.1 Å². The highest BCUT2D eigenvalue weighted by atomic mass is 35.5. The van der Waals surface area contributed by atoms with Crippen LogP contribution in [0.5, 0.6) is 0 Å². The van der Waals surface area contributed by atoms with Gasteiger partial charge in [0.15, 0.2) is 6.61 Å². The van der Waals surface area contributed by atoms with Gasteiger partial charge >= 0.3 is 5.97 Å². The first-order valence-electron chi connectivity index (χ1n) is 5.35. The number of carbonyl (C=O) groups is 1. The molecule has 2 aliphatic carbocycles. The first kappa shape index (κ1) is 14.3. The van der Waals surface area contributed by atoms with Crippen LogP contribution >= 0.6 is 46.4 Å². The molecule has 2 aliphatic rings. The molecule has 0 saturated heterocycles. The Balaban J connectivity index is 2.13. The summed E-state index contributed by atoms with van der Waals surface area (Å²) in [6, 6.07) is 0. The zero-order valence-corrected chi connectivity index (χ0v) is 12.6. The third-order valence-corrected chi connectivity index (χ3v) is 5.62. The monoisotopic (exact) mass is 326 g/mol. The number of carbonyl (C=O) groups excluding carboxylic acids is 1. The number of rotatable bonds is 1. The lowest BCUT2D eigenvalue weighted by Gasteiger charge is -2.26. The summed E-state index contributed by atoms with van der Waals surface area (Å²) in [6.07, 6.45) is 1.04. The molecule has 0 aromatic heterocycles. The third kappa shape index (κ3) is 2.23. The molecule has 2 nitrogen and oxygen atoms in total. The van der Waals surface area contributed by atoms with Crippen LogP contribution in [0.3, 0.4) is 0 Å². The second kappa shape index (κ2) is 4.80. The number of ether oxygens (including phenoxy) is 1. The van der Waals surface area contributed by atoms with E-state index >= 15 is 0 Å². The third-order valence-electron chi connectivity index (χ3n) is 3.19. The maximum absolute atomic E-state index is 10.6. The van der Waals surface area contributed by atoms with Crippen molar-refractivity contribution in [2.24, 2.45) is 5.92 Å². The summed E-state index contributed by atoms with van der Waals surface area (Å²) in [5.74, 6) is 5.18. The van der Waals surface area contributed by atoms with Gasteiger partial charge in [0.05, 0.1) is 19.8 Å². The molecule has 0 aromatic carbocycles. The van der Waals surface area contributed by atoms with E-state index in [-0.39, 0.29) is 18.5 Å². The zero-order valence-electron chi connectivity index (χ0n) is 9.53. The number of alkyl halides is 2. The van der Waals surface area contributed by atoms with E-state index in [0.717, 1.165) is 0 Å². The molecule has 0 amide bonds. The van der Waals surface area contributed by atoms with Gasteiger partial charge in [0.2, 0.25) is 0 Å². The van der Waals surface area contributed by atoms with Crippen molar-refractivity contribution in [3.63, 3.8) is 0 Å². The number of hydrogen-bond acceptors (Lipinski definition) is 2. The summed E-state index contributed by atoms with van der Waals surface area (Å²) < 4.78 is 4.73. The lowest BCUT2D eigenvalue weighted by molar-refractivity contribution is -0.139. The van der Waals surface area contributed by atoms with Gasteiger partial charge in [-0.3, -0.25) is 4.79 Å². The van der Waals surface area contributed by atoms with Gasteiger partial charge in [0, 0.05) is 12.8 Å². The topological polar surface area (TPSA) is 26.3 Å². The second-order valence-electron chi connectivity index (χ2n) is 4.49.